The molecule has 2 aromatic carbocycles. The SMILES string of the molecule is N#Cc1ccc(NC(=O)N2CCC(CNc3cccc(-c4sc(C(=O)O)c(OCC(=O)O)c4Cl)c3)CC2)cc1. The van der Waals surface area contributed by atoms with Gasteiger partial charge in [-0.15, -0.1) is 11.3 Å². The number of likely N-dealkylation sites (tertiary alicyclic amines) is 1. The Morgan fingerprint density at radius 1 is 1.10 bits per heavy atom. The van der Waals surface area contributed by atoms with Crippen molar-refractivity contribution in [1.29, 1.82) is 5.26 Å². The minimum atomic E-state index is -1.25. The van der Waals surface area contributed by atoms with Gasteiger partial charge >= 0.3 is 18.0 Å². The van der Waals surface area contributed by atoms with Crippen molar-refractivity contribution in [2.45, 2.75) is 12.8 Å². The summed E-state index contributed by atoms with van der Waals surface area (Å²) in [6.45, 7) is 1.24. The number of aliphatic carboxylic acids is 1. The number of carboxylic acids is 2. The Morgan fingerprint density at radius 3 is 2.46 bits per heavy atom. The maximum atomic E-state index is 12.6. The average Bonchev–Trinajstić information content (AvgIpc) is 3.27. The Kier molecular flexibility index (Phi) is 8.91. The van der Waals surface area contributed by atoms with E-state index in [4.69, 9.17) is 26.7 Å². The van der Waals surface area contributed by atoms with Gasteiger partial charge in [-0.25, -0.2) is 14.4 Å². The maximum absolute atomic E-state index is 12.6. The van der Waals surface area contributed by atoms with Gasteiger partial charge in [0.25, 0.3) is 0 Å². The Labute approximate surface area is 233 Å². The number of urea groups is 1. The quantitative estimate of drug-likeness (QED) is 0.265. The number of piperidine rings is 1. The molecule has 1 fully saturated rings. The number of thiophene rings is 1. The highest BCUT2D eigenvalue weighted by Crippen LogP contribution is 2.45. The number of carbonyl (C=O) groups is 3. The van der Waals surface area contributed by atoms with Crippen LogP contribution in [-0.4, -0.2) is 59.3 Å². The van der Waals surface area contributed by atoms with Crippen molar-refractivity contribution in [1.82, 2.24) is 4.90 Å². The van der Waals surface area contributed by atoms with Gasteiger partial charge in [-0.2, -0.15) is 5.26 Å². The summed E-state index contributed by atoms with van der Waals surface area (Å²) in [5, 5.41) is 33.6. The third-order valence-electron chi connectivity index (χ3n) is 6.23. The molecule has 0 atom stereocenters. The first-order chi connectivity index (χ1) is 18.7. The van der Waals surface area contributed by atoms with Crippen LogP contribution in [0, 0.1) is 17.2 Å². The minimum Gasteiger partial charge on any atom is -0.479 e. The van der Waals surface area contributed by atoms with Crippen molar-refractivity contribution in [2.75, 3.05) is 36.9 Å². The van der Waals surface area contributed by atoms with Gasteiger partial charge < -0.3 is 30.5 Å². The lowest BCUT2D eigenvalue weighted by atomic mass is 9.97. The summed E-state index contributed by atoms with van der Waals surface area (Å²) < 4.78 is 5.16. The molecular weight excluding hydrogens is 544 g/mol. The molecular formula is C27H25ClN4O6S. The van der Waals surface area contributed by atoms with Gasteiger partial charge in [0.15, 0.2) is 17.2 Å². The van der Waals surface area contributed by atoms with Gasteiger partial charge in [0.2, 0.25) is 0 Å². The molecule has 12 heteroatoms. The van der Waals surface area contributed by atoms with E-state index in [0.29, 0.717) is 47.2 Å². The smallest absolute Gasteiger partial charge is 0.349 e. The Morgan fingerprint density at radius 2 is 1.82 bits per heavy atom. The molecule has 10 nitrogen and oxygen atoms in total. The van der Waals surface area contributed by atoms with Crippen LogP contribution >= 0.6 is 22.9 Å². The molecule has 0 unspecified atom stereocenters. The molecule has 4 rings (SSSR count). The Hall–Kier alpha value is -4.27. The van der Waals surface area contributed by atoms with Gasteiger partial charge in [0, 0.05) is 31.0 Å². The zero-order valence-corrected chi connectivity index (χ0v) is 22.2. The molecule has 3 aromatic rings. The summed E-state index contributed by atoms with van der Waals surface area (Å²) >= 11 is 7.33. The van der Waals surface area contributed by atoms with Crippen LogP contribution < -0.4 is 15.4 Å². The first-order valence-corrected chi connectivity index (χ1v) is 13.2. The third-order valence-corrected chi connectivity index (χ3v) is 7.91. The molecule has 2 amide bonds. The van der Waals surface area contributed by atoms with Crippen molar-refractivity contribution in [3.63, 3.8) is 0 Å². The zero-order chi connectivity index (χ0) is 27.9. The number of halogens is 1. The topological polar surface area (TPSA) is 152 Å². The largest absolute Gasteiger partial charge is 0.479 e. The van der Waals surface area contributed by atoms with E-state index in [-0.39, 0.29) is 21.7 Å². The molecule has 0 aliphatic carbocycles. The van der Waals surface area contributed by atoms with E-state index in [1.54, 1.807) is 35.2 Å². The fourth-order valence-corrected chi connectivity index (χ4v) is 5.59. The molecule has 0 saturated carbocycles. The van der Waals surface area contributed by atoms with Crippen LogP contribution in [0.2, 0.25) is 5.02 Å². The van der Waals surface area contributed by atoms with Gasteiger partial charge in [-0.3, -0.25) is 0 Å². The summed E-state index contributed by atoms with van der Waals surface area (Å²) in [5.74, 6) is -2.29. The van der Waals surface area contributed by atoms with E-state index < -0.39 is 18.5 Å². The molecule has 0 bridgehead atoms. The monoisotopic (exact) mass is 568 g/mol. The lowest BCUT2D eigenvalue weighted by molar-refractivity contribution is -0.139. The zero-order valence-electron chi connectivity index (χ0n) is 20.6. The molecule has 0 spiro atoms. The maximum Gasteiger partial charge on any atom is 0.349 e. The van der Waals surface area contributed by atoms with E-state index in [2.05, 4.69) is 10.6 Å². The van der Waals surface area contributed by atoms with E-state index in [1.165, 1.54) is 0 Å². The lowest BCUT2D eigenvalue weighted by Gasteiger charge is -2.32. The molecule has 39 heavy (non-hydrogen) atoms. The summed E-state index contributed by atoms with van der Waals surface area (Å²) in [6, 6.07) is 16.0. The second-order valence-electron chi connectivity index (χ2n) is 8.90. The van der Waals surface area contributed by atoms with Crippen LogP contribution in [0.3, 0.4) is 0 Å². The van der Waals surface area contributed by atoms with Crippen LogP contribution in [0.1, 0.15) is 28.1 Å². The summed E-state index contributed by atoms with van der Waals surface area (Å²) in [4.78, 5) is 37.2. The van der Waals surface area contributed by atoms with Crippen LogP contribution in [0.25, 0.3) is 10.4 Å². The molecule has 4 N–H and O–H groups in total. The van der Waals surface area contributed by atoms with E-state index in [0.717, 1.165) is 29.9 Å². The number of rotatable bonds is 9. The number of nitrogens with zero attached hydrogens (tertiary/aromatic N) is 2. The lowest BCUT2D eigenvalue weighted by Crippen LogP contribution is -2.42. The van der Waals surface area contributed by atoms with Crippen LogP contribution in [-0.2, 0) is 4.79 Å². The van der Waals surface area contributed by atoms with Crippen molar-refractivity contribution in [3.8, 4) is 22.3 Å². The number of carboxylic acid groups (broad SMARTS) is 2. The van der Waals surface area contributed by atoms with E-state index >= 15 is 0 Å². The van der Waals surface area contributed by atoms with Crippen molar-refractivity contribution in [2.24, 2.45) is 5.92 Å². The van der Waals surface area contributed by atoms with Crippen molar-refractivity contribution in [3.05, 3.63) is 64.0 Å². The fraction of sp³-hybridized carbons (Fsp3) is 0.259. The molecule has 1 aliphatic rings. The number of anilines is 2. The van der Waals surface area contributed by atoms with Crippen molar-refractivity contribution >= 4 is 52.3 Å². The summed E-state index contributed by atoms with van der Waals surface area (Å²) in [5.41, 5.74) is 2.68. The third kappa shape index (κ3) is 6.98. The van der Waals surface area contributed by atoms with Crippen LogP contribution in [0.4, 0.5) is 16.2 Å². The van der Waals surface area contributed by atoms with E-state index in [1.807, 2.05) is 24.3 Å². The van der Waals surface area contributed by atoms with Crippen molar-refractivity contribution < 1.29 is 29.3 Å². The first kappa shape index (κ1) is 27.8. The average molecular weight is 569 g/mol. The molecule has 1 saturated heterocycles. The predicted molar refractivity (Wildman–Crippen MR) is 148 cm³/mol. The summed E-state index contributed by atoms with van der Waals surface area (Å²) in [7, 11) is 0. The normalized spacial score (nSPS) is 13.4. The second kappa shape index (κ2) is 12.5. The number of hydrogen-bond acceptors (Lipinski definition) is 7. The minimum absolute atomic E-state index is 0.0578. The molecule has 0 radical (unpaired) electrons. The number of aromatic carboxylic acids is 1. The molecule has 1 aliphatic heterocycles. The van der Waals surface area contributed by atoms with Gasteiger partial charge in [-0.1, -0.05) is 23.7 Å². The van der Waals surface area contributed by atoms with Gasteiger partial charge in [0.1, 0.15) is 5.02 Å². The number of amides is 2. The van der Waals surface area contributed by atoms with Gasteiger partial charge in [-0.05, 0) is 60.7 Å². The number of nitriles is 1. The first-order valence-electron chi connectivity index (χ1n) is 12.1. The Bertz CT molecular complexity index is 1410. The highest BCUT2D eigenvalue weighted by molar-refractivity contribution is 7.18. The Balaban J connectivity index is 1.33. The van der Waals surface area contributed by atoms with Gasteiger partial charge in [0.05, 0.1) is 16.5 Å². The number of benzene rings is 2. The standard InChI is InChI=1S/C27H25ClN4O6S/c28-22-23(38-15-21(33)34)25(26(35)36)39-24(22)18-2-1-3-20(12-18)30-14-17-8-10-32(11-9-17)27(37)31-19-6-4-16(13-29)5-7-19/h1-7,12,17,30H,8-11,14-15H2,(H,31,37)(H,33,34)(H,35,36). The number of hydrogen-bond donors (Lipinski definition) is 4. The summed E-state index contributed by atoms with van der Waals surface area (Å²) in [6.07, 6.45) is 1.66. The molecule has 1 aromatic heterocycles. The highest BCUT2D eigenvalue weighted by Gasteiger charge is 2.25. The fourth-order valence-electron chi connectivity index (χ4n) is 4.19. The predicted octanol–water partition coefficient (Wildman–Crippen LogP) is 5.46. The van der Waals surface area contributed by atoms with E-state index in [9.17, 15) is 19.5 Å². The van der Waals surface area contributed by atoms with Crippen LogP contribution in [0.5, 0.6) is 5.75 Å². The number of nitrogens with one attached hydrogen (secondary N) is 2. The number of ether oxygens (including phenoxy) is 1. The molecule has 202 valence electrons. The highest BCUT2D eigenvalue weighted by atomic mass is 35.5. The molecule has 2 heterocycles. The second-order valence-corrected chi connectivity index (χ2v) is 10.3. The van der Waals surface area contributed by atoms with Crippen LogP contribution in [0.15, 0.2) is 48.5 Å². The number of carbonyl (C=O) groups excluding carboxylic acids is 1.